The van der Waals surface area contributed by atoms with E-state index in [9.17, 15) is 0 Å². The Morgan fingerprint density at radius 1 is 1.07 bits per heavy atom. The molecule has 0 radical (unpaired) electrons. The van der Waals surface area contributed by atoms with E-state index in [1.54, 1.807) is 7.11 Å². The smallest absolute Gasteiger partial charge is 0.161 e. The van der Waals surface area contributed by atoms with Crippen LogP contribution in [0.1, 0.15) is 22.6 Å². The van der Waals surface area contributed by atoms with Crippen molar-refractivity contribution in [3.63, 3.8) is 0 Å². The zero-order chi connectivity index (χ0) is 19.8. The molecule has 0 fully saturated rings. The Kier molecular flexibility index (Phi) is 7.39. The van der Waals surface area contributed by atoms with Gasteiger partial charge in [-0.25, -0.2) is 0 Å². The molecule has 0 bridgehead atoms. The van der Waals surface area contributed by atoms with Gasteiger partial charge in [0.15, 0.2) is 11.5 Å². The van der Waals surface area contributed by atoms with Crippen LogP contribution in [0.4, 0.5) is 0 Å². The van der Waals surface area contributed by atoms with Gasteiger partial charge in [0, 0.05) is 23.7 Å². The number of thioether (sulfide) groups is 1. The van der Waals surface area contributed by atoms with E-state index in [0.717, 1.165) is 47.2 Å². The van der Waals surface area contributed by atoms with Gasteiger partial charge in [0.05, 0.1) is 18.4 Å². The van der Waals surface area contributed by atoms with Gasteiger partial charge in [-0.05, 0) is 43.7 Å². The molecule has 0 saturated carbocycles. The predicted molar refractivity (Wildman–Crippen MR) is 112 cm³/mol. The predicted octanol–water partition coefficient (Wildman–Crippen LogP) is 4.76. The molecule has 28 heavy (non-hydrogen) atoms. The second-order valence-corrected chi connectivity index (χ2v) is 7.58. The first-order valence-corrected chi connectivity index (χ1v) is 10.3. The SMILES string of the molecule is COc1cc(CNCCSc2ccccc2)ccc1OCc1c(C)noc1C. The van der Waals surface area contributed by atoms with E-state index in [-0.39, 0.29) is 0 Å². The average Bonchev–Trinajstić information content (AvgIpc) is 3.05. The summed E-state index contributed by atoms with van der Waals surface area (Å²) < 4.78 is 16.6. The Morgan fingerprint density at radius 2 is 1.89 bits per heavy atom. The van der Waals surface area contributed by atoms with E-state index in [1.165, 1.54) is 4.90 Å². The number of methoxy groups -OCH3 is 1. The van der Waals surface area contributed by atoms with Crippen LogP contribution >= 0.6 is 11.8 Å². The monoisotopic (exact) mass is 398 g/mol. The Bertz CT molecular complexity index is 861. The van der Waals surface area contributed by atoms with Crippen molar-refractivity contribution in [1.29, 1.82) is 0 Å². The minimum Gasteiger partial charge on any atom is -0.493 e. The molecule has 1 N–H and O–H groups in total. The molecule has 1 heterocycles. The highest BCUT2D eigenvalue weighted by molar-refractivity contribution is 7.99. The number of nitrogens with zero attached hydrogens (tertiary/aromatic N) is 1. The van der Waals surface area contributed by atoms with Gasteiger partial charge in [0.25, 0.3) is 0 Å². The van der Waals surface area contributed by atoms with E-state index in [1.807, 2.05) is 43.8 Å². The quantitative estimate of drug-likeness (QED) is 0.392. The molecule has 5 nitrogen and oxygen atoms in total. The summed E-state index contributed by atoms with van der Waals surface area (Å²) in [4.78, 5) is 1.30. The fourth-order valence-electron chi connectivity index (χ4n) is 2.79. The Labute approximate surface area is 170 Å². The fraction of sp³-hybridized carbons (Fsp3) is 0.318. The number of rotatable bonds is 10. The lowest BCUT2D eigenvalue weighted by Crippen LogP contribution is -2.16. The van der Waals surface area contributed by atoms with Crippen LogP contribution < -0.4 is 14.8 Å². The minimum absolute atomic E-state index is 0.409. The maximum absolute atomic E-state index is 5.93. The molecule has 3 rings (SSSR count). The molecule has 0 saturated heterocycles. The van der Waals surface area contributed by atoms with Crippen molar-refractivity contribution in [1.82, 2.24) is 10.5 Å². The molecule has 0 amide bonds. The van der Waals surface area contributed by atoms with Crippen LogP contribution in [0.3, 0.4) is 0 Å². The average molecular weight is 399 g/mol. The third-order valence-electron chi connectivity index (χ3n) is 4.40. The van der Waals surface area contributed by atoms with Crippen molar-refractivity contribution in [2.75, 3.05) is 19.4 Å². The second kappa shape index (κ2) is 10.2. The number of aromatic nitrogens is 1. The largest absolute Gasteiger partial charge is 0.493 e. The lowest BCUT2D eigenvalue weighted by atomic mass is 10.2. The number of ether oxygens (including phenoxy) is 2. The van der Waals surface area contributed by atoms with E-state index in [0.29, 0.717) is 12.4 Å². The third-order valence-corrected chi connectivity index (χ3v) is 5.41. The van der Waals surface area contributed by atoms with Gasteiger partial charge in [0.2, 0.25) is 0 Å². The molecule has 0 spiro atoms. The molecular weight excluding hydrogens is 372 g/mol. The van der Waals surface area contributed by atoms with Gasteiger partial charge in [-0.2, -0.15) is 0 Å². The van der Waals surface area contributed by atoms with Crippen LogP contribution in [0, 0.1) is 13.8 Å². The summed E-state index contributed by atoms with van der Waals surface area (Å²) >= 11 is 1.85. The summed E-state index contributed by atoms with van der Waals surface area (Å²) in [7, 11) is 1.66. The lowest BCUT2D eigenvalue weighted by molar-refractivity contribution is 0.281. The number of hydrogen-bond donors (Lipinski definition) is 1. The molecule has 0 unspecified atom stereocenters. The van der Waals surface area contributed by atoms with Crippen LogP contribution in [0.15, 0.2) is 57.9 Å². The van der Waals surface area contributed by atoms with Gasteiger partial charge in [0.1, 0.15) is 12.4 Å². The fourth-order valence-corrected chi connectivity index (χ4v) is 3.62. The molecule has 2 aromatic carbocycles. The van der Waals surface area contributed by atoms with Crippen LogP contribution in [-0.2, 0) is 13.2 Å². The van der Waals surface area contributed by atoms with Crippen molar-refractivity contribution < 1.29 is 14.0 Å². The maximum Gasteiger partial charge on any atom is 0.161 e. The molecule has 0 atom stereocenters. The van der Waals surface area contributed by atoms with Crippen molar-refractivity contribution in [2.45, 2.75) is 31.9 Å². The zero-order valence-electron chi connectivity index (χ0n) is 16.5. The topological polar surface area (TPSA) is 56.5 Å². The Balaban J connectivity index is 1.48. The van der Waals surface area contributed by atoms with Crippen molar-refractivity contribution in [3.8, 4) is 11.5 Å². The summed E-state index contributed by atoms with van der Waals surface area (Å²) in [5, 5.41) is 7.43. The van der Waals surface area contributed by atoms with Gasteiger partial charge in [-0.1, -0.05) is 29.4 Å². The van der Waals surface area contributed by atoms with E-state index in [2.05, 4.69) is 40.8 Å². The van der Waals surface area contributed by atoms with E-state index >= 15 is 0 Å². The number of benzene rings is 2. The standard InChI is InChI=1S/C22H26N2O3S/c1-16-20(17(2)27-24-16)15-26-21-10-9-18(13-22(21)25-3)14-23-11-12-28-19-7-5-4-6-8-19/h4-10,13,23H,11-12,14-15H2,1-3H3. The number of hydrogen-bond acceptors (Lipinski definition) is 6. The van der Waals surface area contributed by atoms with Crippen molar-refractivity contribution in [3.05, 3.63) is 71.1 Å². The number of aryl methyl sites for hydroxylation is 2. The molecule has 3 aromatic rings. The second-order valence-electron chi connectivity index (χ2n) is 6.41. The minimum atomic E-state index is 0.409. The first kappa shape index (κ1) is 20.3. The Morgan fingerprint density at radius 3 is 2.61 bits per heavy atom. The summed E-state index contributed by atoms with van der Waals surface area (Å²) in [5.74, 6) is 3.25. The van der Waals surface area contributed by atoms with Gasteiger partial charge in [-0.15, -0.1) is 11.8 Å². The van der Waals surface area contributed by atoms with Crippen LogP contribution in [0.5, 0.6) is 11.5 Å². The summed E-state index contributed by atoms with van der Waals surface area (Å²) in [6.45, 7) is 5.94. The molecule has 148 valence electrons. The first-order chi connectivity index (χ1) is 13.7. The molecule has 6 heteroatoms. The van der Waals surface area contributed by atoms with Crippen molar-refractivity contribution in [2.24, 2.45) is 0 Å². The normalized spacial score (nSPS) is 10.8. The Hall–Kier alpha value is -2.44. The third kappa shape index (κ3) is 5.53. The highest BCUT2D eigenvalue weighted by Crippen LogP contribution is 2.29. The molecule has 0 aliphatic rings. The van der Waals surface area contributed by atoms with Crippen LogP contribution in [0.2, 0.25) is 0 Å². The van der Waals surface area contributed by atoms with E-state index in [4.69, 9.17) is 14.0 Å². The van der Waals surface area contributed by atoms with Crippen molar-refractivity contribution >= 4 is 11.8 Å². The number of nitrogens with one attached hydrogen (secondary N) is 1. The van der Waals surface area contributed by atoms with Gasteiger partial charge in [-0.3, -0.25) is 0 Å². The zero-order valence-corrected chi connectivity index (χ0v) is 17.3. The van der Waals surface area contributed by atoms with Gasteiger partial charge >= 0.3 is 0 Å². The highest BCUT2D eigenvalue weighted by Gasteiger charge is 2.12. The molecular formula is C22H26N2O3S. The van der Waals surface area contributed by atoms with Crippen LogP contribution in [-0.4, -0.2) is 24.6 Å². The summed E-state index contributed by atoms with van der Waals surface area (Å²) in [6, 6.07) is 16.5. The first-order valence-electron chi connectivity index (χ1n) is 9.27. The van der Waals surface area contributed by atoms with Crippen LogP contribution in [0.25, 0.3) is 0 Å². The summed E-state index contributed by atoms with van der Waals surface area (Å²) in [5.41, 5.74) is 2.99. The molecule has 1 aromatic heterocycles. The molecule has 0 aliphatic carbocycles. The summed E-state index contributed by atoms with van der Waals surface area (Å²) in [6.07, 6.45) is 0. The highest BCUT2D eigenvalue weighted by atomic mass is 32.2. The lowest BCUT2D eigenvalue weighted by Gasteiger charge is -2.12. The maximum atomic E-state index is 5.93. The van der Waals surface area contributed by atoms with Gasteiger partial charge < -0.3 is 19.3 Å². The van der Waals surface area contributed by atoms with E-state index < -0.39 is 0 Å². The molecule has 0 aliphatic heterocycles.